The maximum Gasteiger partial charge on any atom is 0.309 e. The third-order valence-electron chi connectivity index (χ3n) is 4.89. The van der Waals surface area contributed by atoms with Gasteiger partial charge in [0.25, 0.3) is 0 Å². The number of carbonyl (C=O) groups excluding carboxylic acids is 1. The predicted molar refractivity (Wildman–Crippen MR) is 81.3 cm³/mol. The average molecular weight is 278 g/mol. The molecular weight excluding hydrogens is 260 g/mol. The van der Waals surface area contributed by atoms with Crippen molar-refractivity contribution < 1.29 is 9.53 Å². The lowest BCUT2D eigenvalue weighted by molar-refractivity contribution is -0.149. The maximum absolute atomic E-state index is 12.4. The summed E-state index contributed by atoms with van der Waals surface area (Å²) in [7, 11) is 0. The van der Waals surface area contributed by atoms with Crippen molar-refractivity contribution in [2.24, 2.45) is 5.92 Å². The zero-order valence-electron chi connectivity index (χ0n) is 12.1. The van der Waals surface area contributed by atoms with Crippen molar-refractivity contribution in [3.63, 3.8) is 0 Å². The Kier molecular flexibility index (Phi) is 2.85. The number of benzene rings is 2. The molecule has 2 heteroatoms. The van der Waals surface area contributed by atoms with Gasteiger partial charge in [-0.25, -0.2) is 0 Å². The van der Waals surface area contributed by atoms with Crippen LogP contribution in [-0.2, 0) is 9.53 Å². The number of carbonyl (C=O) groups is 1. The first-order valence-electron chi connectivity index (χ1n) is 7.65. The standard InChI is InChI=1S/C19H18O2/c1-2-21-19(20)17-11-16-12-7-3-5-9-14(12)18(17)15-10-6-4-8-13(15)16/h3-10,16-18H,2,11H2,1H3/t16?,17-,18?/m0/s1. The molecule has 0 N–H and O–H groups in total. The van der Waals surface area contributed by atoms with E-state index in [9.17, 15) is 4.79 Å². The van der Waals surface area contributed by atoms with Gasteiger partial charge in [0.2, 0.25) is 0 Å². The third-order valence-corrected chi connectivity index (χ3v) is 4.89. The molecule has 0 heterocycles. The first-order valence-corrected chi connectivity index (χ1v) is 7.65. The van der Waals surface area contributed by atoms with E-state index in [1.165, 1.54) is 22.3 Å². The lowest BCUT2D eigenvalue weighted by Gasteiger charge is -2.44. The van der Waals surface area contributed by atoms with Crippen molar-refractivity contribution in [1.82, 2.24) is 0 Å². The van der Waals surface area contributed by atoms with Crippen molar-refractivity contribution >= 4 is 5.97 Å². The monoisotopic (exact) mass is 278 g/mol. The van der Waals surface area contributed by atoms with E-state index in [1.807, 2.05) is 6.92 Å². The molecule has 0 aliphatic heterocycles. The molecule has 0 saturated heterocycles. The minimum Gasteiger partial charge on any atom is -0.466 e. The zero-order valence-corrected chi connectivity index (χ0v) is 12.1. The Hall–Kier alpha value is -2.09. The van der Waals surface area contributed by atoms with Crippen LogP contribution in [-0.4, -0.2) is 12.6 Å². The fourth-order valence-corrected chi connectivity index (χ4v) is 4.12. The Morgan fingerprint density at radius 3 is 2.05 bits per heavy atom. The average Bonchev–Trinajstić information content (AvgIpc) is 2.55. The van der Waals surface area contributed by atoms with Crippen LogP contribution in [0.4, 0.5) is 0 Å². The van der Waals surface area contributed by atoms with E-state index >= 15 is 0 Å². The Balaban J connectivity index is 1.88. The topological polar surface area (TPSA) is 26.3 Å². The molecule has 2 aromatic rings. The Morgan fingerprint density at radius 1 is 1.00 bits per heavy atom. The minimum absolute atomic E-state index is 0.0419. The minimum atomic E-state index is -0.0449. The Labute approximate surface area is 124 Å². The summed E-state index contributed by atoms with van der Waals surface area (Å²) in [5, 5.41) is 0. The van der Waals surface area contributed by atoms with Gasteiger partial charge in [-0.1, -0.05) is 48.5 Å². The van der Waals surface area contributed by atoms with Gasteiger partial charge in [-0.05, 0) is 35.6 Å². The van der Waals surface area contributed by atoms with Gasteiger partial charge in [-0.3, -0.25) is 4.79 Å². The first kappa shape index (κ1) is 12.6. The summed E-state index contributed by atoms with van der Waals surface area (Å²) in [6.45, 7) is 2.33. The molecular formula is C19H18O2. The lowest BCUT2D eigenvalue weighted by atomic mass is 9.59. The predicted octanol–water partition coefficient (Wildman–Crippen LogP) is 3.85. The van der Waals surface area contributed by atoms with E-state index in [-0.39, 0.29) is 17.8 Å². The summed E-state index contributed by atoms with van der Waals surface area (Å²) in [5.74, 6) is 0.398. The fourth-order valence-electron chi connectivity index (χ4n) is 4.12. The molecule has 5 rings (SSSR count). The van der Waals surface area contributed by atoms with Crippen molar-refractivity contribution in [2.75, 3.05) is 6.61 Å². The van der Waals surface area contributed by atoms with E-state index in [2.05, 4.69) is 48.5 Å². The molecule has 106 valence electrons. The lowest BCUT2D eigenvalue weighted by Crippen LogP contribution is -2.37. The molecule has 2 nitrogen and oxygen atoms in total. The van der Waals surface area contributed by atoms with Gasteiger partial charge in [0.15, 0.2) is 0 Å². The second-order valence-corrected chi connectivity index (χ2v) is 5.88. The number of hydrogen-bond acceptors (Lipinski definition) is 2. The van der Waals surface area contributed by atoms with Crippen LogP contribution in [0.1, 0.15) is 47.4 Å². The van der Waals surface area contributed by atoms with Gasteiger partial charge in [0.05, 0.1) is 12.5 Å². The second-order valence-electron chi connectivity index (χ2n) is 5.88. The smallest absolute Gasteiger partial charge is 0.309 e. The highest BCUT2D eigenvalue weighted by Gasteiger charge is 2.46. The summed E-state index contributed by atoms with van der Waals surface area (Å²) >= 11 is 0. The van der Waals surface area contributed by atoms with Crippen LogP contribution in [0.15, 0.2) is 48.5 Å². The molecule has 0 saturated carbocycles. The summed E-state index contributed by atoms with van der Waals surface area (Å²) in [4.78, 5) is 12.4. The highest BCUT2D eigenvalue weighted by atomic mass is 16.5. The molecule has 1 atom stereocenters. The molecule has 3 aliphatic carbocycles. The van der Waals surface area contributed by atoms with E-state index < -0.39 is 0 Å². The largest absolute Gasteiger partial charge is 0.466 e. The molecule has 0 radical (unpaired) electrons. The van der Waals surface area contributed by atoms with Crippen LogP contribution in [0.2, 0.25) is 0 Å². The van der Waals surface area contributed by atoms with Gasteiger partial charge < -0.3 is 4.74 Å². The van der Waals surface area contributed by atoms with Crippen LogP contribution in [0, 0.1) is 5.92 Å². The molecule has 2 bridgehead atoms. The van der Waals surface area contributed by atoms with Crippen LogP contribution in [0.25, 0.3) is 0 Å². The number of hydrogen-bond donors (Lipinski definition) is 0. The molecule has 0 spiro atoms. The van der Waals surface area contributed by atoms with Gasteiger partial charge in [0, 0.05) is 11.8 Å². The van der Waals surface area contributed by atoms with Crippen LogP contribution >= 0.6 is 0 Å². The summed E-state index contributed by atoms with van der Waals surface area (Å²) in [6, 6.07) is 17.1. The molecule has 0 aromatic heterocycles. The van der Waals surface area contributed by atoms with E-state index in [4.69, 9.17) is 4.74 Å². The molecule has 0 amide bonds. The first-order chi connectivity index (χ1) is 10.3. The molecule has 0 fully saturated rings. The molecule has 0 unspecified atom stereocenters. The van der Waals surface area contributed by atoms with Crippen molar-refractivity contribution in [3.05, 3.63) is 70.8 Å². The quantitative estimate of drug-likeness (QED) is 0.780. The molecule has 21 heavy (non-hydrogen) atoms. The Morgan fingerprint density at radius 2 is 1.52 bits per heavy atom. The Bertz CT molecular complexity index is 657. The van der Waals surface area contributed by atoms with E-state index in [1.54, 1.807) is 0 Å². The highest BCUT2D eigenvalue weighted by Crippen LogP contribution is 2.55. The number of esters is 1. The number of rotatable bonds is 2. The van der Waals surface area contributed by atoms with Gasteiger partial charge in [-0.2, -0.15) is 0 Å². The zero-order chi connectivity index (χ0) is 14.4. The normalized spacial score (nSPS) is 25.1. The van der Waals surface area contributed by atoms with Crippen LogP contribution in [0.5, 0.6) is 0 Å². The van der Waals surface area contributed by atoms with Gasteiger partial charge in [-0.15, -0.1) is 0 Å². The second kappa shape index (κ2) is 4.73. The molecule has 2 aromatic carbocycles. The van der Waals surface area contributed by atoms with Crippen LogP contribution in [0.3, 0.4) is 0 Å². The maximum atomic E-state index is 12.4. The van der Waals surface area contributed by atoms with Gasteiger partial charge >= 0.3 is 5.97 Å². The molecule has 3 aliphatic rings. The summed E-state index contributed by atoms with van der Waals surface area (Å²) in [5.41, 5.74) is 5.40. The SMILES string of the molecule is CCOC(=O)[C@H]1CC2c3ccccc3C1c1ccccc12. The van der Waals surface area contributed by atoms with Crippen molar-refractivity contribution in [2.45, 2.75) is 25.2 Å². The summed E-state index contributed by atoms with van der Waals surface area (Å²) < 4.78 is 5.33. The number of ether oxygens (including phenoxy) is 1. The van der Waals surface area contributed by atoms with Crippen molar-refractivity contribution in [3.8, 4) is 0 Å². The van der Waals surface area contributed by atoms with Gasteiger partial charge in [0.1, 0.15) is 0 Å². The number of fused-ring (bicyclic) bond motifs is 1. The van der Waals surface area contributed by atoms with Crippen molar-refractivity contribution in [1.29, 1.82) is 0 Å². The van der Waals surface area contributed by atoms with Crippen LogP contribution < -0.4 is 0 Å². The fraction of sp³-hybridized carbons (Fsp3) is 0.316. The van der Waals surface area contributed by atoms with E-state index in [0.717, 1.165) is 6.42 Å². The third kappa shape index (κ3) is 1.75. The van der Waals surface area contributed by atoms with E-state index in [0.29, 0.717) is 12.5 Å². The summed E-state index contributed by atoms with van der Waals surface area (Å²) in [6.07, 6.45) is 0.873. The highest BCUT2D eigenvalue weighted by molar-refractivity contribution is 5.77.